The first-order valence-electron chi connectivity index (χ1n) is 7.84. The van der Waals surface area contributed by atoms with Crippen molar-refractivity contribution in [2.45, 2.75) is 64.9 Å². The molecular weight excluding hydrogens is 270 g/mol. The van der Waals surface area contributed by atoms with E-state index in [1.165, 1.54) is 6.42 Å². The maximum atomic E-state index is 6.13. The van der Waals surface area contributed by atoms with Crippen molar-refractivity contribution < 1.29 is 4.74 Å². The monoisotopic (exact) mass is 295 g/mol. The molecular formula is C17H26ClNO. The van der Waals surface area contributed by atoms with E-state index in [1.807, 2.05) is 6.07 Å². The van der Waals surface area contributed by atoms with E-state index in [9.17, 15) is 0 Å². The lowest BCUT2D eigenvalue weighted by molar-refractivity contribution is 0.0962. The lowest BCUT2D eigenvalue weighted by Gasteiger charge is -2.32. The Bertz CT molecular complexity index is 435. The van der Waals surface area contributed by atoms with Gasteiger partial charge in [-0.05, 0) is 49.1 Å². The SMILES string of the molecule is CCCc1cc(CCl)cc(OC2CCC(C)C(C)C2)n1. The summed E-state index contributed by atoms with van der Waals surface area (Å²) in [5.41, 5.74) is 2.20. The molecule has 1 aliphatic carbocycles. The number of alkyl halides is 1. The van der Waals surface area contributed by atoms with Gasteiger partial charge in [-0.1, -0.05) is 27.2 Å². The molecule has 20 heavy (non-hydrogen) atoms. The number of nitrogens with zero attached hydrogens (tertiary/aromatic N) is 1. The first kappa shape index (κ1) is 15.6. The molecule has 0 N–H and O–H groups in total. The van der Waals surface area contributed by atoms with Gasteiger partial charge in [-0.3, -0.25) is 0 Å². The van der Waals surface area contributed by atoms with Crippen LogP contribution in [0.2, 0.25) is 0 Å². The van der Waals surface area contributed by atoms with E-state index in [1.54, 1.807) is 0 Å². The highest BCUT2D eigenvalue weighted by Gasteiger charge is 2.26. The average Bonchev–Trinajstić information content (AvgIpc) is 2.43. The molecule has 0 aromatic carbocycles. The molecule has 1 saturated carbocycles. The number of hydrogen-bond acceptors (Lipinski definition) is 2. The largest absolute Gasteiger partial charge is 0.474 e. The Kier molecular flexibility index (Phi) is 5.71. The van der Waals surface area contributed by atoms with E-state index in [2.05, 4.69) is 31.8 Å². The van der Waals surface area contributed by atoms with Crippen LogP contribution in [0.3, 0.4) is 0 Å². The van der Waals surface area contributed by atoms with Gasteiger partial charge in [-0.2, -0.15) is 0 Å². The number of hydrogen-bond donors (Lipinski definition) is 0. The van der Waals surface area contributed by atoms with E-state index in [-0.39, 0.29) is 0 Å². The number of pyridine rings is 1. The summed E-state index contributed by atoms with van der Waals surface area (Å²) < 4.78 is 6.13. The minimum Gasteiger partial charge on any atom is -0.474 e. The zero-order valence-corrected chi connectivity index (χ0v) is 13.6. The van der Waals surface area contributed by atoms with Gasteiger partial charge in [0.2, 0.25) is 5.88 Å². The molecule has 1 fully saturated rings. The van der Waals surface area contributed by atoms with E-state index >= 15 is 0 Å². The smallest absolute Gasteiger partial charge is 0.214 e. The van der Waals surface area contributed by atoms with Crippen molar-refractivity contribution in [3.05, 3.63) is 23.4 Å². The van der Waals surface area contributed by atoms with Gasteiger partial charge in [0.15, 0.2) is 0 Å². The van der Waals surface area contributed by atoms with Crippen molar-refractivity contribution in [1.82, 2.24) is 4.98 Å². The molecule has 1 aliphatic rings. The molecule has 2 nitrogen and oxygen atoms in total. The molecule has 0 saturated heterocycles. The molecule has 3 heteroatoms. The predicted octanol–water partition coefficient (Wildman–Crippen LogP) is 4.98. The topological polar surface area (TPSA) is 22.1 Å². The summed E-state index contributed by atoms with van der Waals surface area (Å²) in [6.07, 6.45) is 5.92. The Labute approximate surface area is 127 Å². The second-order valence-electron chi connectivity index (χ2n) is 6.20. The maximum Gasteiger partial charge on any atom is 0.214 e. The van der Waals surface area contributed by atoms with E-state index < -0.39 is 0 Å². The number of rotatable bonds is 5. The van der Waals surface area contributed by atoms with Crippen LogP contribution in [0.15, 0.2) is 12.1 Å². The van der Waals surface area contributed by atoms with Crippen LogP contribution in [-0.4, -0.2) is 11.1 Å². The van der Waals surface area contributed by atoms with Crippen LogP contribution in [-0.2, 0) is 12.3 Å². The normalized spacial score (nSPS) is 26.5. The fourth-order valence-corrected chi connectivity index (χ4v) is 3.07. The zero-order valence-electron chi connectivity index (χ0n) is 12.9. The van der Waals surface area contributed by atoms with Crippen LogP contribution < -0.4 is 4.74 Å². The van der Waals surface area contributed by atoms with Crippen molar-refractivity contribution in [3.8, 4) is 5.88 Å². The highest BCUT2D eigenvalue weighted by Crippen LogP contribution is 2.31. The molecule has 1 aromatic heterocycles. The van der Waals surface area contributed by atoms with Crippen molar-refractivity contribution in [1.29, 1.82) is 0 Å². The van der Waals surface area contributed by atoms with Crippen LogP contribution >= 0.6 is 11.6 Å². The van der Waals surface area contributed by atoms with Crippen molar-refractivity contribution in [2.75, 3.05) is 0 Å². The van der Waals surface area contributed by atoms with Crippen LogP contribution in [0.25, 0.3) is 0 Å². The summed E-state index contributed by atoms with van der Waals surface area (Å²) in [6, 6.07) is 4.09. The first-order chi connectivity index (χ1) is 9.62. The van der Waals surface area contributed by atoms with E-state index in [0.29, 0.717) is 12.0 Å². The summed E-state index contributed by atoms with van der Waals surface area (Å²) in [6.45, 7) is 6.83. The van der Waals surface area contributed by atoms with Gasteiger partial charge in [0.1, 0.15) is 6.10 Å². The number of ether oxygens (including phenoxy) is 1. The van der Waals surface area contributed by atoms with Gasteiger partial charge < -0.3 is 4.74 Å². The van der Waals surface area contributed by atoms with Gasteiger partial charge in [-0.15, -0.1) is 11.6 Å². The maximum absolute atomic E-state index is 6.13. The third kappa shape index (κ3) is 4.12. The van der Waals surface area contributed by atoms with Crippen LogP contribution in [0.5, 0.6) is 5.88 Å². The minimum atomic E-state index is 0.314. The second kappa shape index (κ2) is 7.31. The Morgan fingerprint density at radius 2 is 2.05 bits per heavy atom. The zero-order chi connectivity index (χ0) is 14.5. The third-order valence-corrected chi connectivity index (χ3v) is 4.72. The molecule has 0 amide bonds. The minimum absolute atomic E-state index is 0.314. The Morgan fingerprint density at radius 1 is 1.25 bits per heavy atom. The molecule has 1 heterocycles. The van der Waals surface area contributed by atoms with Crippen molar-refractivity contribution in [3.63, 3.8) is 0 Å². The Hall–Kier alpha value is -0.760. The number of aromatic nitrogens is 1. The fraction of sp³-hybridized carbons (Fsp3) is 0.706. The van der Waals surface area contributed by atoms with Crippen molar-refractivity contribution in [2.24, 2.45) is 11.8 Å². The Balaban J connectivity index is 2.06. The summed E-state index contributed by atoms with van der Waals surface area (Å²) in [5, 5.41) is 0. The predicted molar refractivity (Wildman–Crippen MR) is 84.4 cm³/mol. The highest BCUT2D eigenvalue weighted by molar-refractivity contribution is 6.17. The van der Waals surface area contributed by atoms with Gasteiger partial charge in [0.05, 0.1) is 0 Å². The first-order valence-corrected chi connectivity index (χ1v) is 8.38. The standard InChI is InChI=1S/C17H26ClNO/c1-4-5-15-9-14(11-18)10-17(19-15)20-16-7-6-12(2)13(3)8-16/h9-10,12-13,16H,4-8,11H2,1-3H3. The van der Waals surface area contributed by atoms with E-state index in [0.717, 1.165) is 54.7 Å². The number of halogens is 1. The number of aryl methyl sites for hydroxylation is 1. The molecule has 1 aromatic rings. The lowest BCUT2D eigenvalue weighted by Crippen LogP contribution is -2.29. The molecule has 3 unspecified atom stereocenters. The van der Waals surface area contributed by atoms with Crippen LogP contribution in [0, 0.1) is 11.8 Å². The van der Waals surface area contributed by atoms with Gasteiger partial charge in [-0.25, -0.2) is 4.98 Å². The second-order valence-corrected chi connectivity index (χ2v) is 6.46. The quantitative estimate of drug-likeness (QED) is 0.715. The summed E-state index contributed by atoms with van der Waals surface area (Å²) in [7, 11) is 0. The van der Waals surface area contributed by atoms with Gasteiger partial charge in [0, 0.05) is 17.6 Å². The third-order valence-electron chi connectivity index (χ3n) is 4.41. The fourth-order valence-electron chi connectivity index (χ4n) is 2.92. The lowest BCUT2D eigenvalue weighted by atomic mass is 9.80. The molecule has 0 spiro atoms. The van der Waals surface area contributed by atoms with Gasteiger partial charge >= 0.3 is 0 Å². The van der Waals surface area contributed by atoms with E-state index in [4.69, 9.17) is 16.3 Å². The van der Waals surface area contributed by atoms with Crippen molar-refractivity contribution >= 4 is 11.6 Å². The molecule has 0 radical (unpaired) electrons. The van der Waals surface area contributed by atoms with Crippen LogP contribution in [0.1, 0.15) is 57.7 Å². The molecule has 2 rings (SSSR count). The average molecular weight is 296 g/mol. The van der Waals surface area contributed by atoms with Crippen LogP contribution in [0.4, 0.5) is 0 Å². The summed E-state index contributed by atoms with van der Waals surface area (Å²) in [5.74, 6) is 2.83. The Morgan fingerprint density at radius 3 is 2.70 bits per heavy atom. The molecule has 0 bridgehead atoms. The molecule has 0 aliphatic heterocycles. The summed E-state index contributed by atoms with van der Waals surface area (Å²) in [4.78, 5) is 4.63. The highest BCUT2D eigenvalue weighted by atomic mass is 35.5. The molecule has 112 valence electrons. The summed E-state index contributed by atoms with van der Waals surface area (Å²) >= 11 is 5.97. The molecule has 3 atom stereocenters. The van der Waals surface area contributed by atoms with Gasteiger partial charge in [0.25, 0.3) is 0 Å².